The Hall–Kier alpha value is -2.19. The molecule has 1 saturated carbocycles. The Morgan fingerprint density at radius 2 is 1.12 bits per heavy atom. The number of carbonyl (C=O) groups is 2. The monoisotopic (exact) mass is 746 g/mol. The molecule has 8 atom stereocenters. The number of rotatable bonds is 28. The van der Waals surface area contributed by atoms with Crippen molar-refractivity contribution >= 4 is 19.8 Å². The van der Waals surface area contributed by atoms with Crippen LogP contribution in [0.5, 0.6) is 0 Å². The molecule has 6 unspecified atom stereocenters. The fourth-order valence-corrected chi connectivity index (χ4v) is 6.13. The average Bonchev–Trinajstić information content (AvgIpc) is 3.10. The second-order valence-corrected chi connectivity index (χ2v) is 14.1. The molecule has 0 heterocycles. The first-order chi connectivity index (χ1) is 24.4. The van der Waals surface area contributed by atoms with Gasteiger partial charge in [-0.1, -0.05) is 101 Å². The number of ether oxygens (including phenoxy) is 2. The summed E-state index contributed by atoms with van der Waals surface area (Å²) in [4.78, 5) is 35.2. The molecule has 0 spiro atoms. The molecule has 0 aliphatic heterocycles. The molecule has 0 bridgehead atoms. The van der Waals surface area contributed by atoms with Gasteiger partial charge in [0, 0.05) is 12.8 Å². The minimum absolute atomic E-state index is 0.0435. The Morgan fingerprint density at radius 1 is 0.627 bits per heavy atom. The van der Waals surface area contributed by atoms with E-state index in [0.29, 0.717) is 12.8 Å². The van der Waals surface area contributed by atoms with Crippen molar-refractivity contribution in [1.82, 2.24) is 0 Å². The normalized spacial score (nSPS) is 24.5. The summed E-state index contributed by atoms with van der Waals surface area (Å²) in [5.74, 6) is -1.16. The lowest BCUT2D eigenvalue weighted by atomic mass is 9.85. The van der Waals surface area contributed by atoms with E-state index >= 15 is 0 Å². The highest BCUT2D eigenvalue weighted by Crippen LogP contribution is 2.47. The molecule has 0 aromatic carbocycles. The summed E-state index contributed by atoms with van der Waals surface area (Å²) < 4.78 is 33.1. The van der Waals surface area contributed by atoms with Crippen molar-refractivity contribution < 1.29 is 63.1 Å². The molecule has 0 aromatic heterocycles. The van der Waals surface area contributed by atoms with Crippen LogP contribution in [-0.2, 0) is 32.7 Å². The van der Waals surface area contributed by atoms with E-state index in [9.17, 15) is 44.6 Å². The van der Waals surface area contributed by atoms with E-state index in [2.05, 4.69) is 56.4 Å². The van der Waals surface area contributed by atoms with Crippen LogP contribution < -0.4 is 0 Å². The molecule has 0 radical (unpaired) electrons. The van der Waals surface area contributed by atoms with E-state index in [-0.39, 0.29) is 12.8 Å². The standard InChI is InChI=1S/C37H63O13P/c1-3-5-7-9-11-12-13-14-15-16-17-18-20-22-24-26-31(39)49-29(27-47-30(38)25-23-21-19-10-8-6-4-2)28-48-51(45,46)50-37-35(43)33(41)32(40)34(42)36(37)44/h5,7,11-12,14-15,17-18,29,32-37,40-44H,3-4,6,8-10,13,16,19-28H2,1-2H3,(H,45,46)/b7-5+,12-11+,15-14+,18-17+/t29-,32?,33-,34?,35?,36?,37?/m1/s1. The van der Waals surface area contributed by atoms with Gasteiger partial charge in [0.2, 0.25) is 0 Å². The fraction of sp³-hybridized carbons (Fsp3) is 0.730. The van der Waals surface area contributed by atoms with E-state index < -0.39 is 75.7 Å². The number of aliphatic hydroxyl groups is 5. The second kappa shape index (κ2) is 28.3. The average molecular weight is 747 g/mol. The molecule has 1 aliphatic rings. The van der Waals surface area contributed by atoms with E-state index in [1.54, 1.807) is 0 Å². The van der Waals surface area contributed by atoms with Crippen LogP contribution in [0.2, 0.25) is 0 Å². The van der Waals surface area contributed by atoms with Crippen LogP contribution >= 0.6 is 7.82 Å². The topological polar surface area (TPSA) is 210 Å². The van der Waals surface area contributed by atoms with Gasteiger partial charge in [-0.25, -0.2) is 4.57 Å². The van der Waals surface area contributed by atoms with Crippen molar-refractivity contribution in [3.8, 4) is 0 Å². The molecule has 14 heteroatoms. The molecule has 6 N–H and O–H groups in total. The Morgan fingerprint density at radius 3 is 1.71 bits per heavy atom. The maximum Gasteiger partial charge on any atom is 0.472 e. The lowest BCUT2D eigenvalue weighted by Gasteiger charge is -2.41. The van der Waals surface area contributed by atoms with Crippen LogP contribution in [0.15, 0.2) is 48.6 Å². The van der Waals surface area contributed by atoms with Gasteiger partial charge >= 0.3 is 19.8 Å². The van der Waals surface area contributed by atoms with E-state index in [0.717, 1.165) is 70.6 Å². The first-order valence-corrected chi connectivity index (χ1v) is 19.9. The highest BCUT2D eigenvalue weighted by atomic mass is 31.2. The summed E-state index contributed by atoms with van der Waals surface area (Å²) in [5.41, 5.74) is 0. The van der Waals surface area contributed by atoms with Gasteiger partial charge < -0.3 is 39.9 Å². The predicted molar refractivity (Wildman–Crippen MR) is 193 cm³/mol. The molecule has 0 amide bonds. The molecule has 1 fully saturated rings. The summed E-state index contributed by atoms with van der Waals surface area (Å²) in [6, 6.07) is 0. The molecule has 1 rings (SSSR count). The van der Waals surface area contributed by atoms with Crippen molar-refractivity contribution in [2.45, 2.75) is 159 Å². The Bertz CT molecular complexity index is 1090. The summed E-state index contributed by atoms with van der Waals surface area (Å²) in [5, 5.41) is 49.8. The summed E-state index contributed by atoms with van der Waals surface area (Å²) >= 11 is 0. The third kappa shape index (κ3) is 21.8. The van der Waals surface area contributed by atoms with Gasteiger partial charge in [-0.3, -0.25) is 18.6 Å². The zero-order valence-electron chi connectivity index (χ0n) is 30.4. The fourth-order valence-electron chi connectivity index (χ4n) is 5.16. The van der Waals surface area contributed by atoms with Crippen LogP contribution in [0.1, 0.15) is 117 Å². The highest BCUT2D eigenvalue weighted by Gasteiger charge is 2.51. The first kappa shape index (κ1) is 46.8. The zero-order valence-corrected chi connectivity index (χ0v) is 31.3. The zero-order chi connectivity index (χ0) is 37.9. The quantitative estimate of drug-likeness (QED) is 0.0261. The Balaban J connectivity index is 2.59. The molecular formula is C37H63O13P. The Kier molecular flexibility index (Phi) is 26.0. The van der Waals surface area contributed by atoms with Crippen LogP contribution in [0.3, 0.4) is 0 Å². The molecule has 0 saturated heterocycles. The van der Waals surface area contributed by atoms with Gasteiger partial charge in [0.05, 0.1) is 6.61 Å². The minimum Gasteiger partial charge on any atom is -0.462 e. The van der Waals surface area contributed by atoms with Gasteiger partial charge in [0.25, 0.3) is 0 Å². The third-order valence-corrected chi connectivity index (χ3v) is 9.17. The van der Waals surface area contributed by atoms with Crippen molar-refractivity contribution in [2.24, 2.45) is 0 Å². The number of carbonyl (C=O) groups excluding carboxylic acids is 2. The number of unbranched alkanes of at least 4 members (excludes halogenated alkanes) is 8. The molecule has 51 heavy (non-hydrogen) atoms. The van der Waals surface area contributed by atoms with Gasteiger partial charge in [0.1, 0.15) is 43.2 Å². The van der Waals surface area contributed by atoms with Gasteiger partial charge in [-0.2, -0.15) is 0 Å². The lowest BCUT2D eigenvalue weighted by molar-refractivity contribution is -0.220. The molecule has 13 nitrogen and oxygen atoms in total. The second-order valence-electron chi connectivity index (χ2n) is 12.7. The largest absolute Gasteiger partial charge is 0.472 e. The number of phosphoric acid groups is 1. The molecule has 1 aliphatic carbocycles. The van der Waals surface area contributed by atoms with Crippen molar-refractivity contribution in [1.29, 1.82) is 0 Å². The number of allylic oxidation sites excluding steroid dienone is 8. The number of aliphatic hydroxyl groups excluding tert-OH is 5. The maximum absolute atomic E-state index is 12.7. The summed E-state index contributed by atoms with van der Waals surface area (Å²) in [6.07, 6.45) is 16.5. The maximum atomic E-state index is 12.7. The van der Waals surface area contributed by atoms with Crippen LogP contribution in [0, 0.1) is 0 Å². The SMILES string of the molecule is CC/C=C/C/C=C/C/C=C/C/C=C/CCCCC(=O)O[C@H](COC(=O)CCCCCCCCC)COP(=O)(O)OC1C(O)C(O)C(O)[C@@H](O)C1O. The Labute approximate surface area is 303 Å². The number of hydrogen-bond acceptors (Lipinski definition) is 12. The van der Waals surface area contributed by atoms with E-state index in [1.807, 2.05) is 6.08 Å². The van der Waals surface area contributed by atoms with Crippen LogP contribution in [-0.4, -0.2) is 98.3 Å². The van der Waals surface area contributed by atoms with E-state index in [4.69, 9.17) is 18.5 Å². The number of phosphoric ester groups is 1. The first-order valence-electron chi connectivity index (χ1n) is 18.4. The van der Waals surface area contributed by atoms with Crippen molar-refractivity contribution in [2.75, 3.05) is 13.2 Å². The number of esters is 2. The van der Waals surface area contributed by atoms with Crippen LogP contribution in [0.25, 0.3) is 0 Å². The molecule has 0 aromatic rings. The summed E-state index contributed by atoms with van der Waals surface area (Å²) in [6.45, 7) is 3.04. The van der Waals surface area contributed by atoms with Gasteiger partial charge in [-0.05, 0) is 51.4 Å². The smallest absolute Gasteiger partial charge is 0.462 e. The molecule has 294 valence electrons. The third-order valence-electron chi connectivity index (χ3n) is 8.18. The van der Waals surface area contributed by atoms with Gasteiger partial charge in [0.15, 0.2) is 6.10 Å². The summed E-state index contributed by atoms with van der Waals surface area (Å²) in [7, 11) is -5.11. The van der Waals surface area contributed by atoms with E-state index in [1.165, 1.54) is 6.42 Å². The van der Waals surface area contributed by atoms with Crippen molar-refractivity contribution in [3.63, 3.8) is 0 Å². The van der Waals surface area contributed by atoms with Crippen molar-refractivity contribution in [3.05, 3.63) is 48.6 Å². The molecular weight excluding hydrogens is 683 g/mol. The predicted octanol–water partition coefficient (Wildman–Crippen LogP) is 5.27. The lowest BCUT2D eigenvalue weighted by Crippen LogP contribution is -2.64. The minimum atomic E-state index is -5.11. The van der Waals surface area contributed by atoms with Gasteiger partial charge in [-0.15, -0.1) is 0 Å². The van der Waals surface area contributed by atoms with Crippen LogP contribution in [0.4, 0.5) is 0 Å². The number of hydrogen-bond donors (Lipinski definition) is 6. The highest BCUT2D eigenvalue weighted by molar-refractivity contribution is 7.47.